The van der Waals surface area contributed by atoms with E-state index in [0.29, 0.717) is 5.75 Å². The van der Waals surface area contributed by atoms with Gasteiger partial charge in [0.25, 0.3) is 0 Å². The quantitative estimate of drug-likeness (QED) is 0.628. The van der Waals surface area contributed by atoms with Crippen molar-refractivity contribution in [3.8, 4) is 22.8 Å². The number of benzene rings is 2. The molecular weight excluding hydrogens is 362 g/mol. The maximum Gasteiger partial charge on any atom is 0.161 e. The number of aromatic nitrogens is 1. The van der Waals surface area contributed by atoms with Gasteiger partial charge >= 0.3 is 0 Å². The number of fused-ring (bicyclic) bond motifs is 1. The van der Waals surface area contributed by atoms with E-state index in [4.69, 9.17) is 14.5 Å². The largest absolute Gasteiger partial charge is 0.493 e. The smallest absolute Gasteiger partial charge is 0.161 e. The van der Waals surface area contributed by atoms with E-state index in [1.165, 1.54) is 10.8 Å². The zero-order valence-corrected chi connectivity index (χ0v) is 16.8. The van der Waals surface area contributed by atoms with Crippen LogP contribution < -0.4 is 14.4 Å². The number of pyridine rings is 1. The van der Waals surface area contributed by atoms with Crippen molar-refractivity contribution < 1.29 is 9.47 Å². The number of nitrogens with zero attached hydrogens (tertiary/aromatic N) is 3. The van der Waals surface area contributed by atoms with Gasteiger partial charge in [-0.3, -0.25) is 0 Å². The van der Waals surface area contributed by atoms with Gasteiger partial charge in [-0.15, -0.1) is 0 Å². The van der Waals surface area contributed by atoms with E-state index < -0.39 is 0 Å². The molecule has 1 aromatic heterocycles. The van der Waals surface area contributed by atoms with Crippen molar-refractivity contribution in [3.63, 3.8) is 0 Å². The molecule has 0 unspecified atom stereocenters. The molecule has 0 amide bonds. The average molecular weight is 394 g/mol. The summed E-state index contributed by atoms with van der Waals surface area (Å²) in [7, 11) is 3.31. The topological polar surface area (TPSA) is 37.8 Å². The van der Waals surface area contributed by atoms with Gasteiger partial charge in [0.1, 0.15) is 5.82 Å². The Morgan fingerprint density at radius 3 is 2.31 bits per heavy atom. The Hall–Kier alpha value is -2.79. The van der Waals surface area contributed by atoms with Crippen molar-refractivity contribution in [2.24, 2.45) is 0 Å². The minimum Gasteiger partial charge on any atom is -0.493 e. The predicted octanol–water partition coefficient (Wildman–Crippen LogP) is 4.70. The molecule has 0 N–H and O–H groups in total. The molecule has 1 aliphatic heterocycles. The lowest BCUT2D eigenvalue weighted by atomic mass is 10.1. The number of piperazine rings is 1. The van der Waals surface area contributed by atoms with Crippen molar-refractivity contribution >= 4 is 16.6 Å². The van der Waals surface area contributed by atoms with Gasteiger partial charge in [-0.1, -0.05) is 38.6 Å². The molecule has 0 saturated carbocycles. The molecule has 0 spiro atoms. The Morgan fingerprint density at radius 2 is 1.62 bits per heavy atom. The SMILES string of the molecule is C.CCN1CCN(c2nc(-c3ccc(OC)c(OC)c3)cc3ccccc23)CC1. The summed E-state index contributed by atoms with van der Waals surface area (Å²) in [4.78, 5) is 9.99. The van der Waals surface area contributed by atoms with Crippen LogP contribution in [0.1, 0.15) is 14.4 Å². The third-order valence-electron chi connectivity index (χ3n) is 5.52. The van der Waals surface area contributed by atoms with Gasteiger partial charge in [0.15, 0.2) is 11.5 Å². The van der Waals surface area contributed by atoms with Crippen LogP contribution in [0, 0.1) is 0 Å². The number of rotatable bonds is 5. The van der Waals surface area contributed by atoms with Crippen molar-refractivity contribution in [1.82, 2.24) is 9.88 Å². The Kier molecular flexibility index (Phi) is 6.60. The standard InChI is InChI=1S/C23H27N3O2.CH4/c1-4-25-11-13-26(14-12-25)23-19-8-6-5-7-17(19)15-20(24-23)18-9-10-21(27-2)22(16-18)28-3;/h5-10,15-16H,4,11-14H2,1-3H3;1H4. The maximum atomic E-state index is 5.49. The lowest BCUT2D eigenvalue weighted by molar-refractivity contribution is 0.271. The Balaban J connectivity index is 0.00000240. The van der Waals surface area contributed by atoms with Crippen LogP contribution in [0.15, 0.2) is 48.5 Å². The molecule has 0 bridgehead atoms. The summed E-state index contributed by atoms with van der Waals surface area (Å²) in [5, 5.41) is 2.41. The zero-order valence-electron chi connectivity index (χ0n) is 16.8. The van der Waals surface area contributed by atoms with E-state index in [1.807, 2.05) is 18.2 Å². The average Bonchev–Trinajstić information content (AvgIpc) is 2.77. The highest BCUT2D eigenvalue weighted by Crippen LogP contribution is 2.35. The third kappa shape index (κ3) is 4.15. The molecular formula is C24H31N3O2. The van der Waals surface area contributed by atoms with Crippen molar-refractivity contribution in [2.45, 2.75) is 14.4 Å². The first-order valence-electron chi connectivity index (χ1n) is 9.83. The fourth-order valence-electron chi connectivity index (χ4n) is 3.84. The van der Waals surface area contributed by atoms with E-state index in [1.54, 1.807) is 14.2 Å². The molecule has 1 aliphatic rings. The van der Waals surface area contributed by atoms with Crippen LogP contribution in [-0.2, 0) is 0 Å². The van der Waals surface area contributed by atoms with Gasteiger partial charge in [0, 0.05) is 37.1 Å². The number of likely N-dealkylation sites (N-methyl/N-ethyl adjacent to an activating group) is 1. The number of ether oxygens (including phenoxy) is 2. The minimum atomic E-state index is 0. The van der Waals surface area contributed by atoms with Gasteiger partial charge in [0.05, 0.1) is 19.9 Å². The van der Waals surface area contributed by atoms with Crippen LogP contribution in [0.2, 0.25) is 0 Å². The first kappa shape index (κ1) is 20.9. The molecule has 4 rings (SSSR count). The molecule has 5 heteroatoms. The minimum absolute atomic E-state index is 0. The van der Waals surface area contributed by atoms with Gasteiger partial charge in [0.2, 0.25) is 0 Å². The molecule has 5 nitrogen and oxygen atoms in total. The Morgan fingerprint density at radius 1 is 0.897 bits per heavy atom. The summed E-state index contributed by atoms with van der Waals surface area (Å²) in [5.74, 6) is 2.51. The van der Waals surface area contributed by atoms with Crippen LogP contribution >= 0.6 is 0 Å². The Bertz CT molecular complexity index is 965. The summed E-state index contributed by atoms with van der Waals surface area (Å²) >= 11 is 0. The molecule has 154 valence electrons. The van der Waals surface area contributed by atoms with E-state index in [0.717, 1.165) is 55.5 Å². The zero-order chi connectivity index (χ0) is 19.5. The second kappa shape index (κ2) is 9.14. The predicted molar refractivity (Wildman–Crippen MR) is 121 cm³/mol. The molecule has 29 heavy (non-hydrogen) atoms. The second-order valence-electron chi connectivity index (χ2n) is 7.04. The molecule has 1 saturated heterocycles. The summed E-state index contributed by atoms with van der Waals surface area (Å²) < 4.78 is 10.9. The molecule has 2 aromatic carbocycles. The van der Waals surface area contributed by atoms with E-state index in [2.05, 4.69) is 47.1 Å². The van der Waals surface area contributed by atoms with Gasteiger partial charge in [-0.25, -0.2) is 4.98 Å². The first-order chi connectivity index (χ1) is 13.7. The first-order valence-corrected chi connectivity index (χ1v) is 9.83. The van der Waals surface area contributed by atoms with Crippen molar-refractivity contribution in [1.29, 1.82) is 0 Å². The van der Waals surface area contributed by atoms with Crippen LogP contribution in [0.4, 0.5) is 5.82 Å². The highest BCUT2D eigenvalue weighted by atomic mass is 16.5. The molecule has 1 fully saturated rings. The molecule has 0 atom stereocenters. The lowest BCUT2D eigenvalue weighted by Gasteiger charge is -2.35. The molecule has 2 heterocycles. The van der Waals surface area contributed by atoms with Gasteiger partial charge in [-0.2, -0.15) is 0 Å². The Labute approximate surface area is 173 Å². The van der Waals surface area contributed by atoms with E-state index >= 15 is 0 Å². The fraction of sp³-hybridized carbons (Fsp3) is 0.375. The number of hydrogen-bond acceptors (Lipinski definition) is 5. The molecule has 0 radical (unpaired) electrons. The highest BCUT2D eigenvalue weighted by molar-refractivity contribution is 5.95. The van der Waals surface area contributed by atoms with Crippen LogP contribution in [0.3, 0.4) is 0 Å². The van der Waals surface area contributed by atoms with Crippen molar-refractivity contribution in [3.05, 3.63) is 48.5 Å². The summed E-state index contributed by atoms with van der Waals surface area (Å²) in [5.41, 5.74) is 1.98. The van der Waals surface area contributed by atoms with Gasteiger partial charge < -0.3 is 19.3 Å². The van der Waals surface area contributed by atoms with Gasteiger partial charge in [-0.05, 0) is 36.2 Å². The van der Waals surface area contributed by atoms with Crippen LogP contribution in [-0.4, -0.2) is 56.8 Å². The van der Waals surface area contributed by atoms with Crippen LogP contribution in [0.5, 0.6) is 11.5 Å². The summed E-state index contributed by atoms with van der Waals surface area (Å²) in [6.07, 6.45) is 0. The summed E-state index contributed by atoms with van der Waals surface area (Å²) in [6.45, 7) is 7.48. The van der Waals surface area contributed by atoms with Crippen LogP contribution in [0.25, 0.3) is 22.0 Å². The highest BCUT2D eigenvalue weighted by Gasteiger charge is 2.20. The molecule has 0 aliphatic carbocycles. The number of methoxy groups -OCH3 is 2. The normalized spacial score (nSPS) is 14.5. The summed E-state index contributed by atoms with van der Waals surface area (Å²) in [6, 6.07) is 16.6. The van der Waals surface area contributed by atoms with E-state index in [9.17, 15) is 0 Å². The third-order valence-corrected chi connectivity index (χ3v) is 5.52. The second-order valence-corrected chi connectivity index (χ2v) is 7.04. The fourth-order valence-corrected chi connectivity index (χ4v) is 3.84. The lowest BCUT2D eigenvalue weighted by Crippen LogP contribution is -2.46. The number of anilines is 1. The monoisotopic (exact) mass is 393 g/mol. The van der Waals surface area contributed by atoms with Crippen molar-refractivity contribution in [2.75, 3.05) is 51.8 Å². The maximum absolute atomic E-state index is 5.49. The molecule has 3 aromatic rings. The number of hydrogen-bond donors (Lipinski definition) is 0. The van der Waals surface area contributed by atoms with E-state index in [-0.39, 0.29) is 7.43 Å².